The smallest absolute Gasteiger partial charge is 0.410 e. The Morgan fingerprint density at radius 2 is 2.05 bits per heavy atom. The van der Waals surface area contributed by atoms with Gasteiger partial charge in [-0.3, -0.25) is 0 Å². The lowest BCUT2D eigenvalue weighted by Gasteiger charge is -2.28. The Labute approximate surface area is 127 Å². The minimum absolute atomic E-state index is 0.204. The molecule has 0 bridgehead atoms. The van der Waals surface area contributed by atoms with Crippen molar-refractivity contribution >= 4 is 6.09 Å². The molecule has 21 heavy (non-hydrogen) atoms. The van der Waals surface area contributed by atoms with Gasteiger partial charge in [0.2, 0.25) is 0 Å². The predicted octanol–water partition coefficient (Wildman–Crippen LogP) is 2.83. The SMILES string of the molecule is CC(C)(C)OC(=O)N1CCCN[C@@H](Cc2ccccc2)C1. The van der Waals surface area contributed by atoms with Gasteiger partial charge in [0.15, 0.2) is 0 Å². The first-order valence-electron chi connectivity index (χ1n) is 7.69. The summed E-state index contributed by atoms with van der Waals surface area (Å²) in [4.78, 5) is 14.1. The molecule has 1 aliphatic rings. The van der Waals surface area contributed by atoms with E-state index in [1.54, 1.807) is 0 Å². The van der Waals surface area contributed by atoms with Crippen LogP contribution in [-0.4, -0.2) is 42.3 Å². The lowest BCUT2D eigenvalue weighted by molar-refractivity contribution is 0.0247. The van der Waals surface area contributed by atoms with Crippen molar-refractivity contribution in [3.8, 4) is 0 Å². The van der Waals surface area contributed by atoms with E-state index < -0.39 is 5.60 Å². The van der Waals surface area contributed by atoms with E-state index in [0.717, 1.165) is 25.9 Å². The van der Waals surface area contributed by atoms with E-state index in [0.29, 0.717) is 6.54 Å². The number of amides is 1. The highest BCUT2D eigenvalue weighted by Gasteiger charge is 2.26. The van der Waals surface area contributed by atoms with Gasteiger partial charge in [0.05, 0.1) is 0 Å². The molecule has 0 aliphatic carbocycles. The molecule has 1 aromatic rings. The number of ether oxygens (including phenoxy) is 1. The lowest BCUT2D eigenvalue weighted by atomic mass is 10.1. The van der Waals surface area contributed by atoms with Crippen molar-refractivity contribution in [3.63, 3.8) is 0 Å². The Kier molecular flexibility index (Phi) is 5.23. The molecule has 116 valence electrons. The molecule has 1 saturated heterocycles. The maximum atomic E-state index is 12.2. The first-order chi connectivity index (χ1) is 9.94. The van der Waals surface area contributed by atoms with Crippen molar-refractivity contribution in [2.75, 3.05) is 19.6 Å². The third kappa shape index (κ3) is 5.38. The van der Waals surface area contributed by atoms with Crippen molar-refractivity contribution in [1.29, 1.82) is 0 Å². The number of carbonyl (C=O) groups is 1. The standard InChI is InChI=1S/C17H26N2O2/c1-17(2,3)21-16(20)19-11-7-10-18-15(13-19)12-14-8-5-4-6-9-14/h4-6,8-9,15,18H,7,10-13H2,1-3H3/t15-/m0/s1. The fourth-order valence-electron chi connectivity index (χ4n) is 2.53. The summed E-state index contributed by atoms with van der Waals surface area (Å²) in [5.74, 6) is 0. The van der Waals surface area contributed by atoms with E-state index >= 15 is 0 Å². The van der Waals surface area contributed by atoms with Crippen LogP contribution in [0.25, 0.3) is 0 Å². The monoisotopic (exact) mass is 290 g/mol. The van der Waals surface area contributed by atoms with Crippen LogP contribution in [0.15, 0.2) is 30.3 Å². The average Bonchev–Trinajstić information content (AvgIpc) is 2.64. The molecule has 1 fully saturated rings. The largest absolute Gasteiger partial charge is 0.444 e. The molecule has 1 aromatic carbocycles. The van der Waals surface area contributed by atoms with Crippen molar-refractivity contribution in [3.05, 3.63) is 35.9 Å². The molecule has 2 rings (SSSR count). The van der Waals surface area contributed by atoms with Crippen LogP contribution in [0.4, 0.5) is 4.79 Å². The van der Waals surface area contributed by atoms with Crippen LogP contribution in [-0.2, 0) is 11.2 Å². The third-order valence-electron chi connectivity index (χ3n) is 3.46. The molecule has 1 N–H and O–H groups in total. The Morgan fingerprint density at radius 1 is 1.33 bits per heavy atom. The van der Waals surface area contributed by atoms with Gasteiger partial charge in [0, 0.05) is 19.1 Å². The van der Waals surface area contributed by atoms with Gasteiger partial charge in [-0.2, -0.15) is 0 Å². The van der Waals surface area contributed by atoms with Crippen LogP contribution < -0.4 is 5.32 Å². The Balaban J connectivity index is 1.96. The summed E-state index contributed by atoms with van der Waals surface area (Å²) in [5.41, 5.74) is 0.854. The second-order valence-electron chi connectivity index (χ2n) is 6.62. The van der Waals surface area contributed by atoms with Gasteiger partial charge < -0.3 is 15.0 Å². The summed E-state index contributed by atoms with van der Waals surface area (Å²) in [7, 11) is 0. The van der Waals surface area contributed by atoms with Gasteiger partial charge in [0.1, 0.15) is 5.60 Å². The normalized spacial score (nSPS) is 20.0. The summed E-state index contributed by atoms with van der Waals surface area (Å²) < 4.78 is 5.49. The summed E-state index contributed by atoms with van der Waals surface area (Å²) in [6.45, 7) is 8.11. The molecule has 1 aliphatic heterocycles. The molecule has 1 atom stereocenters. The first kappa shape index (κ1) is 15.8. The van der Waals surface area contributed by atoms with Crippen molar-refractivity contribution in [1.82, 2.24) is 10.2 Å². The van der Waals surface area contributed by atoms with E-state index in [1.165, 1.54) is 5.56 Å². The van der Waals surface area contributed by atoms with Gasteiger partial charge in [-0.1, -0.05) is 30.3 Å². The van der Waals surface area contributed by atoms with Crippen LogP contribution >= 0.6 is 0 Å². The molecule has 0 saturated carbocycles. The first-order valence-corrected chi connectivity index (χ1v) is 7.69. The molecular weight excluding hydrogens is 264 g/mol. The number of benzene rings is 1. The zero-order chi connectivity index (χ0) is 15.3. The van der Waals surface area contributed by atoms with E-state index in [2.05, 4.69) is 29.6 Å². The van der Waals surface area contributed by atoms with Crippen LogP contribution in [0.5, 0.6) is 0 Å². The van der Waals surface area contributed by atoms with Crippen LogP contribution in [0.2, 0.25) is 0 Å². The van der Waals surface area contributed by atoms with E-state index in [1.807, 2.05) is 31.7 Å². The minimum atomic E-state index is -0.439. The minimum Gasteiger partial charge on any atom is -0.444 e. The topological polar surface area (TPSA) is 41.6 Å². The van der Waals surface area contributed by atoms with Crippen molar-refractivity contribution < 1.29 is 9.53 Å². The second-order valence-corrected chi connectivity index (χ2v) is 6.62. The maximum absolute atomic E-state index is 12.2. The van der Waals surface area contributed by atoms with E-state index in [-0.39, 0.29) is 12.1 Å². The van der Waals surface area contributed by atoms with Crippen molar-refractivity contribution in [2.45, 2.75) is 45.3 Å². The fraction of sp³-hybridized carbons (Fsp3) is 0.588. The number of nitrogens with zero attached hydrogens (tertiary/aromatic N) is 1. The molecule has 4 nitrogen and oxygen atoms in total. The molecule has 0 aromatic heterocycles. The van der Waals surface area contributed by atoms with Crippen LogP contribution in [0.1, 0.15) is 32.8 Å². The van der Waals surface area contributed by atoms with Crippen molar-refractivity contribution in [2.24, 2.45) is 0 Å². The molecule has 1 heterocycles. The maximum Gasteiger partial charge on any atom is 0.410 e. The lowest BCUT2D eigenvalue weighted by Crippen LogP contribution is -2.43. The molecule has 0 radical (unpaired) electrons. The number of hydrogen-bond donors (Lipinski definition) is 1. The Bertz CT molecular complexity index is 454. The van der Waals surface area contributed by atoms with E-state index in [9.17, 15) is 4.79 Å². The average molecular weight is 290 g/mol. The molecule has 0 unspecified atom stereocenters. The summed E-state index contributed by atoms with van der Waals surface area (Å²) in [5, 5.41) is 3.53. The number of rotatable bonds is 2. The van der Waals surface area contributed by atoms with Gasteiger partial charge in [-0.25, -0.2) is 4.79 Å². The molecule has 4 heteroatoms. The highest BCUT2D eigenvalue weighted by Crippen LogP contribution is 2.13. The highest BCUT2D eigenvalue weighted by atomic mass is 16.6. The number of hydrogen-bond acceptors (Lipinski definition) is 3. The van der Waals surface area contributed by atoms with Crippen LogP contribution in [0, 0.1) is 0 Å². The number of carbonyl (C=O) groups excluding carboxylic acids is 1. The quantitative estimate of drug-likeness (QED) is 0.910. The second kappa shape index (κ2) is 6.94. The Morgan fingerprint density at radius 3 is 2.71 bits per heavy atom. The zero-order valence-corrected chi connectivity index (χ0v) is 13.3. The molecule has 0 spiro atoms. The van der Waals surface area contributed by atoms with Gasteiger partial charge in [0.25, 0.3) is 0 Å². The van der Waals surface area contributed by atoms with Crippen LogP contribution in [0.3, 0.4) is 0 Å². The third-order valence-corrected chi connectivity index (χ3v) is 3.46. The highest BCUT2D eigenvalue weighted by molar-refractivity contribution is 5.68. The fourth-order valence-corrected chi connectivity index (χ4v) is 2.53. The van der Waals surface area contributed by atoms with E-state index in [4.69, 9.17) is 4.74 Å². The zero-order valence-electron chi connectivity index (χ0n) is 13.3. The predicted molar refractivity (Wildman–Crippen MR) is 84.4 cm³/mol. The molecule has 1 amide bonds. The van der Waals surface area contributed by atoms with Gasteiger partial charge in [-0.15, -0.1) is 0 Å². The summed E-state index contributed by atoms with van der Waals surface area (Å²) in [6.07, 6.45) is 1.69. The molecular formula is C17H26N2O2. The number of nitrogens with one attached hydrogen (secondary N) is 1. The summed E-state index contributed by atoms with van der Waals surface area (Å²) >= 11 is 0. The Hall–Kier alpha value is -1.55. The van der Waals surface area contributed by atoms with Gasteiger partial charge in [-0.05, 0) is 45.7 Å². The summed E-state index contributed by atoms with van der Waals surface area (Å²) in [6, 6.07) is 10.7. The van der Waals surface area contributed by atoms with Gasteiger partial charge >= 0.3 is 6.09 Å².